The maximum absolute atomic E-state index is 13.0. The molecule has 1 fully saturated rings. The number of esters is 1. The predicted molar refractivity (Wildman–Crippen MR) is 95.8 cm³/mol. The monoisotopic (exact) mass is 359 g/mol. The number of ether oxygens (including phenoxy) is 2. The third-order valence-electron chi connectivity index (χ3n) is 4.14. The second-order valence-corrected chi connectivity index (χ2v) is 7.42. The predicted octanol–water partition coefficient (Wildman–Crippen LogP) is 3.12. The first-order valence-electron chi connectivity index (χ1n) is 8.26. The van der Waals surface area contributed by atoms with E-state index in [1.54, 1.807) is 16.2 Å². The Morgan fingerprint density at radius 3 is 2.44 bits per heavy atom. The first-order valence-corrected chi connectivity index (χ1v) is 9.07. The first kappa shape index (κ1) is 17.6. The molecule has 1 aliphatic heterocycles. The Bertz CT molecular complexity index is 750. The highest BCUT2D eigenvalue weighted by Gasteiger charge is 2.31. The summed E-state index contributed by atoms with van der Waals surface area (Å²) in [6.07, 6.45) is -0.939. The molecule has 1 saturated heterocycles. The molecule has 2 aromatic rings. The molecular weight excluding hydrogens is 338 g/mol. The molecule has 2 heterocycles. The molecule has 0 saturated carbocycles. The van der Waals surface area contributed by atoms with Crippen molar-refractivity contribution in [1.29, 1.82) is 0 Å². The molecule has 5 nitrogen and oxygen atoms in total. The van der Waals surface area contributed by atoms with Crippen molar-refractivity contribution < 1.29 is 19.1 Å². The van der Waals surface area contributed by atoms with Gasteiger partial charge in [0.2, 0.25) is 6.10 Å². The topological polar surface area (TPSA) is 55.8 Å². The number of benzene rings is 1. The van der Waals surface area contributed by atoms with Gasteiger partial charge in [0.25, 0.3) is 5.91 Å². The fourth-order valence-corrected chi connectivity index (χ4v) is 3.75. The van der Waals surface area contributed by atoms with Crippen LogP contribution >= 0.6 is 11.3 Å². The molecule has 1 amide bonds. The minimum absolute atomic E-state index is 0.201. The number of morpholine rings is 1. The highest BCUT2D eigenvalue weighted by Crippen LogP contribution is 2.26. The molecule has 3 rings (SSSR count). The van der Waals surface area contributed by atoms with Crippen LogP contribution in [0.4, 0.5) is 0 Å². The summed E-state index contributed by atoms with van der Waals surface area (Å²) < 4.78 is 11.0. The fourth-order valence-electron chi connectivity index (χ4n) is 2.84. The summed E-state index contributed by atoms with van der Waals surface area (Å²) in [4.78, 5) is 29.2. The number of carbonyl (C=O) groups excluding carboxylic acids is 2. The molecule has 1 aromatic heterocycles. The van der Waals surface area contributed by atoms with E-state index < -0.39 is 12.1 Å². The minimum atomic E-state index is -0.939. The van der Waals surface area contributed by atoms with E-state index in [9.17, 15) is 9.59 Å². The van der Waals surface area contributed by atoms with Crippen molar-refractivity contribution in [1.82, 2.24) is 4.90 Å². The van der Waals surface area contributed by atoms with E-state index in [4.69, 9.17) is 9.47 Å². The van der Waals surface area contributed by atoms with Crippen molar-refractivity contribution in [2.45, 2.75) is 20.0 Å². The van der Waals surface area contributed by atoms with Gasteiger partial charge in [-0.1, -0.05) is 30.3 Å². The molecule has 0 aliphatic carbocycles. The van der Waals surface area contributed by atoms with Crippen LogP contribution in [-0.2, 0) is 14.3 Å². The highest BCUT2D eigenvalue weighted by atomic mass is 32.1. The average molecular weight is 359 g/mol. The summed E-state index contributed by atoms with van der Waals surface area (Å²) in [5.74, 6) is -0.662. The molecule has 1 aliphatic rings. The summed E-state index contributed by atoms with van der Waals surface area (Å²) in [6.45, 7) is 5.86. The smallest absolute Gasteiger partial charge is 0.340 e. The Balaban J connectivity index is 1.85. The largest absolute Gasteiger partial charge is 0.444 e. The highest BCUT2D eigenvalue weighted by molar-refractivity contribution is 7.12. The van der Waals surface area contributed by atoms with Gasteiger partial charge in [-0.25, -0.2) is 4.79 Å². The molecular formula is C19H21NO4S. The normalized spacial score (nSPS) is 15.7. The van der Waals surface area contributed by atoms with Gasteiger partial charge in [-0.05, 0) is 19.9 Å². The Morgan fingerprint density at radius 1 is 1.16 bits per heavy atom. The van der Waals surface area contributed by atoms with Gasteiger partial charge in [-0.2, -0.15) is 0 Å². The summed E-state index contributed by atoms with van der Waals surface area (Å²) in [6, 6.07) is 11.0. The van der Waals surface area contributed by atoms with Crippen LogP contribution < -0.4 is 0 Å². The maximum atomic E-state index is 13.0. The zero-order valence-electron chi connectivity index (χ0n) is 14.4. The van der Waals surface area contributed by atoms with E-state index in [-0.39, 0.29) is 5.91 Å². The van der Waals surface area contributed by atoms with Crippen molar-refractivity contribution in [3.8, 4) is 0 Å². The van der Waals surface area contributed by atoms with Crippen LogP contribution in [0, 0.1) is 13.8 Å². The van der Waals surface area contributed by atoms with Crippen LogP contribution in [0.1, 0.15) is 31.8 Å². The Morgan fingerprint density at radius 2 is 1.84 bits per heavy atom. The van der Waals surface area contributed by atoms with Crippen molar-refractivity contribution in [2.75, 3.05) is 26.3 Å². The summed E-state index contributed by atoms with van der Waals surface area (Å²) in [5, 5.41) is 0. The van der Waals surface area contributed by atoms with E-state index in [0.717, 1.165) is 9.75 Å². The van der Waals surface area contributed by atoms with Crippen LogP contribution in [0.5, 0.6) is 0 Å². The van der Waals surface area contributed by atoms with Gasteiger partial charge in [-0.15, -0.1) is 11.3 Å². The van der Waals surface area contributed by atoms with Gasteiger partial charge in [0.1, 0.15) is 0 Å². The zero-order valence-corrected chi connectivity index (χ0v) is 15.2. The van der Waals surface area contributed by atoms with E-state index in [2.05, 4.69) is 0 Å². The van der Waals surface area contributed by atoms with E-state index in [1.165, 1.54) is 0 Å². The van der Waals surface area contributed by atoms with Gasteiger partial charge in [0.05, 0.1) is 18.8 Å². The molecule has 6 heteroatoms. The SMILES string of the molecule is Cc1cc(C(=O)O[C@H](C(=O)N2CCOCC2)c2ccccc2)c(C)s1. The lowest BCUT2D eigenvalue weighted by Crippen LogP contribution is -2.44. The van der Waals surface area contributed by atoms with Crippen molar-refractivity contribution in [3.63, 3.8) is 0 Å². The van der Waals surface area contributed by atoms with Crippen molar-refractivity contribution in [2.24, 2.45) is 0 Å². The number of aryl methyl sites for hydroxylation is 2. The van der Waals surface area contributed by atoms with Gasteiger partial charge >= 0.3 is 5.97 Å². The molecule has 0 radical (unpaired) electrons. The molecule has 1 atom stereocenters. The fraction of sp³-hybridized carbons (Fsp3) is 0.368. The molecule has 0 bridgehead atoms. The molecule has 0 unspecified atom stereocenters. The third kappa shape index (κ3) is 4.08. The lowest BCUT2D eigenvalue weighted by molar-refractivity contribution is -0.145. The van der Waals surface area contributed by atoms with Crippen molar-refractivity contribution in [3.05, 3.63) is 57.3 Å². The van der Waals surface area contributed by atoms with Gasteiger partial charge in [0, 0.05) is 28.4 Å². The minimum Gasteiger partial charge on any atom is -0.444 e. The number of thiophene rings is 1. The Labute approximate surface area is 151 Å². The third-order valence-corrected chi connectivity index (χ3v) is 5.10. The number of carbonyl (C=O) groups is 2. The number of nitrogens with zero attached hydrogens (tertiary/aromatic N) is 1. The number of rotatable bonds is 4. The molecule has 0 spiro atoms. The van der Waals surface area contributed by atoms with Crippen LogP contribution in [0.15, 0.2) is 36.4 Å². The number of hydrogen-bond donors (Lipinski definition) is 0. The first-order chi connectivity index (χ1) is 12.1. The van der Waals surface area contributed by atoms with Gasteiger partial charge in [-0.3, -0.25) is 4.79 Å². The van der Waals surface area contributed by atoms with Crippen LogP contribution in [-0.4, -0.2) is 43.1 Å². The number of amides is 1. The lowest BCUT2D eigenvalue weighted by Gasteiger charge is -2.30. The van der Waals surface area contributed by atoms with Crippen LogP contribution in [0.3, 0.4) is 0 Å². The average Bonchev–Trinajstić information content (AvgIpc) is 2.99. The molecule has 0 N–H and O–H groups in total. The zero-order chi connectivity index (χ0) is 17.8. The Hall–Kier alpha value is -2.18. The maximum Gasteiger partial charge on any atom is 0.340 e. The molecule has 25 heavy (non-hydrogen) atoms. The summed E-state index contributed by atoms with van der Waals surface area (Å²) in [7, 11) is 0. The number of hydrogen-bond acceptors (Lipinski definition) is 5. The molecule has 132 valence electrons. The summed E-state index contributed by atoms with van der Waals surface area (Å²) >= 11 is 1.54. The lowest BCUT2D eigenvalue weighted by atomic mass is 10.1. The second-order valence-electron chi connectivity index (χ2n) is 5.96. The van der Waals surface area contributed by atoms with Crippen LogP contribution in [0.25, 0.3) is 0 Å². The molecule has 1 aromatic carbocycles. The standard InChI is InChI=1S/C19H21NO4S/c1-13-12-16(14(2)25-13)19(22)24-17(15-6-4-3-5-7-15)18(21)20-8-10-23-11-9-20/h3-7,12,17H,8-11H2,1-2H3/t17-/m0/s1. The van der Waals surface area contributed by atoms with Gasteiger partial charge < -0.3 is 14.4 Å². The van der Waals surface area contributed by atoms with Gasteiger partial charge in [0.15, 0.2) is 0 Å². The Kier molecular flexibility index (Phi) is 5.50. The summed E-state index contributed by atoms with van der Waals surface area (Å²) in [5.41, 5.74) is 1.20. The van der Waals surface area contributed by atoms with Crippen molar-refractivity contribution >= 4 is 23.2 Å². The second kappa shape index (κ2) is 7.80. The van der Waals surface area contributed by atoms with Crippen LogP contribution in [0.2, 0.25) is 0 Å². The van der Waals surface area contributed by atoms with E-state index in [0.29, 0.717) is 37.4 Å². The van der Waals surface area contributed by atoms with E-state index >= 15 is 0 Å². The quantitative estimate of drug-likeness (QED) is 0.787. The van der Waals surface area contributed by atoms with E-state index in [1.807, 2.05) is 50.2 Å².